The van der Waals surface area contributed by atoms with Gasteiger partial charge in [0.2, 0.25) is 5.43 Å². The number of carboxylic acids is 1. The van der Waals surface area contributed by atoms with Crippen molar-refractivity contribution in [3.8, 4) is 5.75 Å². The summed E-state index contributed by atoms with van der Waals surface area (Å²) in [4.78, 5) is 39.6. The molecule has 1 aliphatic carbocycles. The van der Waals surface area contributed by atoms with Gasteiger partial charge in [0.1, 0.15) is 23.9 Å². The molecule has 40 heavy (non-hydrogen) atoms. The third-order valence-corrected chi connectivity index (χ3v) is 7.51. The normalized spacial score (nSPS) is 14.8. The van der Waals surface area contributed by atoms with E-state index in [0.29, 0.717) is 6.07 Å². The maximum absolute atomic E-state index is 14.7. The number of aromatic carboxylic acids is 1. The van der Waals surface area contributed by atoms with Gasteiger partial charge in [0.05, 0.1) is 12.6 Å². The average Bonchev–Trinajstić information content (AvgIpc) is 3.10. The van der Waals surface area contributed by atoms with E-state index in [1.807, 2.05) is 48.5 Å². The number of hydrogen-bond donors (Lipinski definition) is 2. The summed E-state index contributed by atoms with van der Waals surface area (Å²) in [7, 11) is 0. The second kappa shape index (κ2) is 9.64. The highest BCUT2D eigenvalue weighted by atomic mass is 19.1. The first-order valence-electron chi connectivity index (χ1n) is 12.6. The number of aromatic nitrogens is 1. The second-order valence-corrected chi connectivity index (χ2v) is 9.84. The molecule has 2 aliphatic rings. The minimum Gasteiger partial charge on any atom is -0.502 e. The lowest BCUT2D eigenvalue weighted by Crippen LogP contribution is -2.55. The fraction of sp³-hybridized carbons (Fsp3) is 0.167. The van der Waals surface area contributed by atoms with Gasteiger partial charge in [0, 0.05) is 17.8 Å². The summed E-state index contributed by atoms with van der Waals surface area (Å²) in [6.45, 7) is -0.441. The standard InChI is InChI=1S/C30H23F2N3O5/c31-20-12-11-19(24(32)13-20)14-33-16-35(34-15-23(30(39)40)27(36)28(37)26(34)29(33)38)25-21-7-3-1-5-17(21)9-10-18-6-2-4-8-22(18)25/h1-8,11-13,15,25,37H,9-10,14,16H2,(H,39,40). The van der Waals surface area contributed by atoms with Gasteiger partial charge >= 0.3 is 5.97 Å². The Morgan fingerprint density at radius 2 is 1.55 bits per heavy atom. The molecule has 1 aliphatic heterocycles. The molecule has 1 aromatic heterocycles. The van der Waals surface area contributed by atoms with Crippen molar-refractivity contribution in [3.63, 3.8) is 0 Å². The number of aryl methyl sites for hydroxylation is 2. The van der Waals surface area contributed by atoms with E-state index in [1.54, 1.807) is 5.01 Å². The van der Waals surface area contributed by atoms with E-state index in [0.717, 1.165) is 47.4 Å². The van der Waals surface area contributed by atoms with E-state index >= 15 is 0 Å². The Morgan fingerprint density at radius 1 is 0.925 bits per heavy atom. The number of aromatic hydroxyl groups is 1. The Bertz CT molecular complexity index is 1700. The molecule has 0 saturated heterocycles. The molecule has 3 aromatic carbocycles. The monoisotopic (exact) mass is 543 g/mol. The third kappa shape index (κ3) is 4.08. The predicted molar refractivity (Wildman–Crippen MR) is 141 cm³/mol. The highest BCUT2D eigenvalue weighted by molar-refractivity contribution is 5.98. The summed E-state index contributed by atoms with van der Waals surface area (Å²) < 4.78 is 29.5. The van der Waals surface area contributed by atoms with Crippen molar-refractivity contribution in [1.29, 1.82) is 0 Å². The molecule has 202 valence electrons. The number of carboxylic acid groups (broad SMARTS) is 1. The number of pyridine rings is 1. The maximum Gasteiger partial charge on any atom is 0.341 e. The summed E-state index contributed by atoms with van der Waals surface area (Å²) >= 11 is 0. The Kier molecular flexibility index (Phi) is 6.10. The second-order valence-electron chi connectivity index (χ2n) is 9.84. The van der Waals surface area contributed by atoms with Crippen LogP contribution in [0.1, 0.15) is 54.7 Å². The Morgan fingerprint density at radius 3 is 2.15 bits per heavy atom. The minimum atomic E-state index is -1.56. The van der Waals surface area contributed by atoms with Gasteiger partial charge in [-0.3, -0.25) is 19.3 Å². The molecule has 0 saturated carbocycles. The van der Waals surface area contributed by atoms with Crippen molar-refractivity contribution in [3.05, 3.63) is 134 Å². The first-order chi connectivity index (χ1) is 19.2. The number of benzene rings is 3. The lowest BCUT2D eigenvalue weighted by molar-refractivity contribution is 0.0648. The quantitative estimate of drug-likeness (QED) is 0.404. The number of fused-ring (bicyclic) bond motifs is 3. The van der Waals surface area contributed by atoms with E-state index in [4.69, 9.17) is 0 Å². The summed E-state index contributed by atoms with van der Waals surface area (Å²) in [5, 5.41) is 22.3. The van der Waals surface area contributed by atoms with Gasteiger partial charge in [-0.1, -0.05) is 54.6 Å². The Balaban J connectivity index is 1.59. The summed E-state index contributed by atoms with van der Waals surface area (Å²) in [6.07, 6.45) is 2.52. The van der Waals surface area contributed by atoms with Crippen molar-refractivity contribution < 1.29 is 28.6 Å². The van der Waals surface area contributed by atoms with Crippen LogP contribution in [-0.2, 0) is 19.4 Å². The zero-order valence-corrected chi connectivity index (χ0v) is 21.1. The van der Waals surface area contributed by atoms with Crippen LogP contribution in [0.15, 0.2) is 77.7 Å². The number of hydrogen-bond acceptors (Lipinski definition) is 5. The molecule has 8 nitrogen and oxygen atoms in total. The molecule has 2 heterocycles. The Hall–Kier alpha value is -4.99. The molecule has 0 radical (unpaired) electrons. The molecule has 2 N–H and O–H groups in total. The van der Waals surface area contributed by atoms with Gasteiger partial charge < -0.3 is 15.1 Å². The van der Waals surface area contributed by atoms with Crippen LogP contribution in [-0.4, -0.2) is 38.3 Å². The molecule has 1 amide bonds. The van der Waals surface area contributed by atoms with Gasteiger partial charge in [0.25, 0.3) is 5.91 Å². The Labute approximate surface area is 226 Å². The summed E-state index contributed by atoms with van der Waals surface area (Å²) in [5.74, 6) is -5.00. The van der Waals surface area contributed by atoms with Crippen molar-refractivity contribution >= 4 is 11.9 Å². The van der Waals surface area contributed by atoms with Crippen LogP contribution in [0.3, 0.4) is 0 Å². The predicted octanol–water partition coefficient (Wildman–Crippen LogP) is 3.97. The van der Waals surface area contributed by atoms with Gasteiger partial charge in [-0.25, -0.2) is 13.6 Å². The van der Waals surface area contributed by atoms with Crippen molar-refractivity contribution in [2.24, 2.45) is 0 Å². The molecule has 6 rings (SSSR count). The average molecular weight is 544 g/mol. The smallest absolute Gasteiger partial charge is 0.341 e. The fourth-order valence-corrected chi connectivity index (χ4v) is 5.60. The summed E-state index contributed by atoms with van der Waals surface area (Å²) in [5.41, 5.74) is 1.57. The SMILES string of the molecule is O=C(O)c1cn2c(c(O)c1=O)C(=O)N(Cc1ccc(F)cc1F)CN2C1c2ccccc2CCc2ccccc21. The van der Waals surface area contributed by atoms with E-state index < -0.39 is 52.0 Å². The fourth-order valence-electron chi connectivity index (χ4n) is 5.60. The first-order valence-corrected chi connectivity index (χ1v) is 12.6. The van der Waals surface area contributed by atoms with Crippen LogP contribution < -0.4 is 10.4 Å². The van der Waals surface area contributed by atoms with Gasteiger partial charge in [-0.2, -0.15) is 0 Å². The van der Waals surface area contributed by atoms with Crippen molar-refractivity contribution in [2.45, 2.75) is 25.4 Å². The van der Waals surface area contributed by atoms with Crippen LogP contribution in [0.25, 0.3) is 0 Å². The largest absolute Gasteiger partial charge is 0.502 e. The van der Waals surface area contributed by atoms with E-state index in [1.165, 1.54) is 15.6 Å². The van der Waals surface area contributed by atoms with Gasteiger partial charge in [-0.05, 0) is 41.2 Å². The molecule has 0 atom stereocenters. The van der Waals surface area contributed by atoms with E-state index in [2.05, 4.69) is 0 Å². The van der Waals surface area contributed by atoms with Crippen LogP contribution in [0.5, 0.6) is 5.75 Å². The zero-order valence-electron chi connectivity index (χ0n) is 21.1. The highest BCUT2D eigenvalue weighted by Gasteiger charge is 2.39. The maximum atomic E-state index is 14.7. The van der Waals surface area contributed by atoms with Crippen LogP contribution in [0.2, 0.25) is 0 Å². The van der Waals surface area contributed by atoms with Crippen LogP contribution in [0, 0.1) is 11.6 Å². The molecule has 0 bridgehead atoms. The molecule has 0 fully saturated rings. The number of amides is 1. The van der Waals surface area contributed by atoms with E-state index in [9.17, 15) is 33.4 Å². The number of carbonyl (C=O) groups is 2. The molecule has 0 spiro atoms. The van der Waals surface area contributed by atoms with Gasteiger partial charge in [-0.15, -0.1) is 0 Å². The number of halogens is 2. The molecule has 4 aromatic rings. The number of nitrogens with zero attached hydrogens (tertiary/aromatic N) is 3. The molecular formula is C30H23F2N3O5. The number of carbonyl (C=O) groups excluding carboxylic acids is 1. The molecular weight excluding hydrogens is 520 g/mol. The minimum absolute atomic E-state index is 0.0359. The van der Waals surface area contributed by atoms with Crippen LogP contribution >= 0.6 is 0 Å². The third-order valence-electron chi connectivity index (χ3n) is 7.51. The highest BCUT2D eigenvalue weighted by Crippen LogP contribution is 2.38. The van der Waals surface area contributed by atoms with Gasteiger partial charge in [0.15, 0.2) is 11.4 Å². The van der Waals surface area contributed by atoms with Crippen molar-refractivity contribution in [1.82, 2.24) is 9.58 Å². The topological polar surface area (TPSA) is 103 Å². The zero-order chi connectivity index (χ0) is 28.1. The van der Waals surface area contributed by atoms with Crippen molar-refractivity contribution in [2.75, 3.05) is 11.7 Å². The lowest BCUT2D eigenvalue weighted by atomic mass is 9.94. The first kappa shape index (κ1) is 25.3. The molecule has 10 heteroatoms. The van der Waals surface area contributed by atoms with E-state index in [-0.39, 0.29) is 18.8 Å². The number of rotatable bonds is 4. The summed E-state index contributed by atoms with van der Waals surface area (Å²) in [6, 6.07) is 18.0. The van der Waals surface area contributed by atoms with Crippen LogP contribution in [0.4, 0.5) is 8.78 Å². The molecule has 0 unspecified atom stereocenters. The lowest BCUT2D eigenvalue weighted by Gasteiger charge is -2.44.